The molecule has 35 heavy (non-hydrogen) atoms. The van der Waals surface area contributed by atoms with Crippen LogP contribution in [0.3, 0.4) is 0 Å². The lowest BCUT2D eigenvalue weighted by molar-refractivity contribution is 0.0693. The second-order valence-corrected chi connectivity index (χ2v) is 9.73. The van der Waals surface area contributed by atoms with E-state index in [1.165, 1.54) is 29.5 Å². The fourth-order valence-electron chi connectivity index (χ4n) is 4.53. The predicted octanol–water partition coefficient (Wildman–Crippen LogP) is 5.57. The number of hydrogen-bond acceptors (Lipinski definition) is 7. The number of aliphatic hydroxyl groups is 1. The van der Waals surface area contributed by atoms with Crippen LogP contribution in [0.15, 0.2) is 57.8 Å². The van der Waals surface area contributed by atoms with Crippen LogP contribution in [0.2, 0.25) is 5.02 Å². The average Bonchev–Trinajstić information content (AvgIpc) is 3.36. The van der Waals surface area contributed by atoms with Crippen LogP contribution >= 0.6 is 22.9 Å². The van der Waals surface area contributed by atoms with Gasteiger partial charge < -0.3 is 21.1 Å². The predicted molar refractivity (Wildman–Crippen MR) is 132 cm³/mol. The number of allylic oxidation sites excluding steroid dienone is 1. The Labute approximate surface area is 210 Å². The van der Waals surface area contributed by atoms with Gasteiger partial charge in [-0.2, -0.15) is 8.78 Å². The zero-order valence-corrected chi connectivity index (χ0v) is 20.2. The zero-order chi connectivity index (χ0) is 24.9. The molecule has 2 heterocycles. The summed E-state index contributed by atoms with van der Waals surface area (Å²) in [5, 5.41) is 26.4. The van der Waals surface area contributed by atoms with Gasteiger partial charge in [0, 0.05) is 45.9 Å². The smallest absolute Gasteiger partial charge is 0.312 e. The van der Waals surface area contributed by atoms with E-state index in [0.717, 1.165) is 31.7 Å². The molecule has 4 N–H and O–H groups in total. The molecule has 2 aromatic rings. The third kappa shape index (κ3) is 5.94. The monoisotopic (exact) mass is 523 g/mol. The summed E-state index contributed by atoms with van der Waals surface area (Å²) in [5.74, 6) is -0.119. The van der Waals surface area contributed by atoms with E-state index < -0.39 is 24.5 Å². The quantitative estimate of drug-likeness (QED) is 0.269. The van der Waals surface area contributed by atoms with E-state index in [4.69, 9.17) is 22.0 Å². The first-order chi connectivity index (χ1) is 16.9. The van der Waals surface area contributed by atoms with Crippen LogP contribution in [0.25, 0.3) is 0 Å². The number of halogens is 4. The summed E-state index contributed by atoms with van der Waals surface area (Å²) < 4.78 is 39.9. The van der Waals surface area contributed by atoms with Crippen LogP contribution in [-0.4, -0.2) is 34.8 Å². The van der Waals surface area contributed by atoms with Gasteiger partial charge in [-0.3, -0.25) is 4.99 Å². The summed E-state index contributed by atoms with van der Waals surface area (Å²) in [6.07, 6.45) is 7.02. The Morgan fingerprint density at radius 1 is 1.34 bits per heavy atom. The van der Waals surface area contributed by atoms with Crippen molar-refractivity contribution >= 4 is 35.0 Å². The lowest BCUT2D eigenvalue weighted by Crippen LogP contribution is -2.35. The van der Waals surface area contributed by atoms with Gasteiger partial charge in [-0.25, -0.2) is 9.37 Å². The largest absolute Gasteiger partial charge is 0.393 e. The highest BCUT2D eigenvalue weighted by atomic mass is 35.5. The van der Waals surface area contributed by atoms with Crippen LogP contribution in [-0.2, 0) is 0 Å². The Morgan fingerprint density at radius 2 is 2.14 bits per heavy atom. The van der Waals surface area contributed by atoms with Gasteiger partial charge in [0.1, 0.15) is 11.9 Å². The van der Waals surface area contributed by atoms with Gasteiger partial charge in [-0.05, 0) is 42.9 Å². The van der Waals surface area contributed by atoms with Crippen molar-refractivity contribution in [2.45, 2.75) is 50.8 Å². The number of nitrogens with one attached hydrogen (secondary N) is 3. The van der Waals surface area contributed by atoms with Crippen LogP contribution in [0.1, 0.15) is 48.7 Å². The first-order valence-corrected chi connectivity index (χ1v) is 12.5. The van der Waals surface area contributed by atoms with Gasteiger partial charge in [0.15, 0.2) is 10.8 Å². The van der Waals surface area contributed by atoms with E-state index in [-0.39, 0.29) is 16.5 Å². The highest BCUT2D eigenvalue weighted by molar-refractivity contribution is 7.11. The SMILES string of the molecule is N=C/C(=C\NC(F)F)C1=C(CC2CCCCC2O)NC(c2nccs2)=N[C@H]1c1ccc(F)cc1Cl. The lowest BCUT2D eigenvalue weighted by atomic mass is 9.81. The molecule has 4 rings (SSSR count). The molecule has 1 aliphatic carbocycles. The van der Waals surface area contributed by atoms with Crippen molar-refractivity contribution in [3.63, 3.8) is 0 Å². The number of hydrogen-bond donors (Lipinski definition) is 4. The number of nitrogens with zero attached hydrogens (tertiary/aromatic N) is 2. The summed E-state index contributed by atoms with van der Waals surface area (Å²) in [6.45, 7) is -2.83. The first-order valence-electron chi connectivity index (χ1n) is 11.2. The molecule has 11 heteroatoms. The number of thiazole rings is 1. The molecule has 0 saturated heterocycles. The van der Waals surface area contributed by atoms with Gasteiger partial charge in [-0.15, -0.1) is 11.3 Å². The maximum absolute atomic E-state index is 13.9. The molecule has 0 radical (unpaired) electrons. The van der Waals surface area contributed by atoms with Gasteiger partial charge >= 0.3 is 6.55 Å². The van der Waals surface area contributed by atoms with Crippen LogP contribution < -0.4 is 10.6 Å². The Hall–Kier alpha value is -2.69. The number of alkyl halides is 2. The fourth-order valence-corrected chi connectivity index (χ4v) is 5.39. The van der Waals surface area contributed by atoms with Crippen molar-refractivity contribution in [2.24, 2.45) is 10.9 Å². The van der Waals surface area contributed by atoms with Crippen molar-refractivity contribution in [3.8, 4) is 0 Å². The zero-order valence-electron chi connectivity index (χ0n) is 18.6. The van der Waals surface area contributed by atoms with E-state index >= 15 is 0 Å². The van der Waals surface area contributed by atoms with Crippen molar-refractivity contribution in [3.05, 3.63) is 74.2 Å². The molecule has 2 aliphatic rings. The second kappa shape index (κ2) is 11.4. The molecule has 0 bridgehead atoms. The van der Waals surface area contributed by atoms with Crippen LogP contribution in [0, 0.1) is 17.1 Å². The molecule has 0 spiro atoms. The summed E-state index contributed by atoms with van der Waals surface area (Å²) in [5.41, 5.74) is 1.72. The molecule has 1 saturated carbocycles. The lowest BCUT2D eigenvalue weighted by Gasteiger charge is -2.33. The third-order valence-electron chi connectivity index (χ3n) is 6.18. The molecule has 1 aromatic carbocycles. The third-order valence-corrected chi connectivity index (χ3v) is 7.29. The molecule has 0 amide bonds. The fraction of sp³-hybridized carbons (Fsp3) is 0.375. The summed E-state index contributed by atoms with van der Waals surface area (Å²) in [4.78, 5) is 9.13. The Morgan fingerprint density at radius 3 is 2.80 bits per heavy atom. The molecular formula is C24H25ClF3N5OS. The minimum atomic E-state index is -2.83. The molecule has 1 fully saturated rings. The Kier molecular flexibility index (Phi) is 8.25. The molecule has 186 valence electrons. The van der Waals surface area contributed by atoms with E-state index in [0.29, 0.717) is 40.5 Å². The average molecular weight is 524 g/mol. The van der Waals surface area contributed by atoms with Crippen molar-refractivity contribution in [1.82, 2.24) is 15.6 Å². The van der Waals surface area contributed by atoms with Gasteiger partial charge in [0.05, 0.1) is 6.10 Å². The van der Waals surface area contributed by atoms with Crippen molar-refractivity contribution < 1.29 is 18.3 Å². The molecule has 3 atom stereocenters. The topological polar surface area (TPSA) is 93.4 Å². The molecule has 1 aliphatic heterocycles. The number of rotatable bonds is 8. The number of amidine groups is 1. The van der Waals surface area contributed by atoms with E-state index in [1.54, 1.807) is 11.6 Å². The van der Waals surface area contributed by atoms with Gasteiger partial charge in [0.25, 0.3) is 0 Å². The van der Waals surface area contributed by atoms with E-state index in [9.17, 15) is 18.3 Å². The maximum atomic E-state index is 13.9. The normalized spacial score (nSPS) is 23.2. The number of aliphatic hydroxyl groups excluding tert-OH is 1. The van der Waals surface area contributed by atoms with Crippen molar-refractivity contribution in [2.75, 3.05) is 0 Å². The maximum Gasteiger partial charge on any atom is 0.312 e. The van der Waals surface area contributed by atoms with Gasteiger partial charge in [-0.1, -0.05) is 30.5 Å². The minimum Gasteiger partial charge on any atom is -0.393 e. The highest BCUT2D eigenvalue weighted by Gasteiger charge is 2.33. The van der Waals surface area contributed by atoms with E-state index in [2.05, 4.69) is 10.3 Å². The molecular weight excluding hydrogens is 499 g/mol. The highest BCUT2D eigenvalue weighted by Crippen LogP contribution is 2.41. The number of benzene rings is 1. The van der Waals surface area contributed by atoms with Crippen LogP contribution in [0.4, 0.5) is 13.2 Å². The summed E-state index contributed by atoms with van der Waals surface area (Å²) in [6, 6.07) is 3.12. The minimum absolute atomic E-state index is 0.0590. The Bertz CT molecular complexity index is 1150. The molecule has 1 aromatic heterocycles. The van der Waals surface area contributed by atoms with Crippen LogP contribution in [0.5, 0.6) is 0 Å². The second-order valence-electron chi connectivity index (χ2n) is 8.43. The summed E-state index contributed by atoms with van der Waals surface area (Å²) >= 11 is 7.79. The molecule has 6 nitrogen and oxygen atoms in total. The number of aliphatic imine (C=N–C) groups is 1. The standard InChI is InChI=1S/C24H25ClF3N5OS/c25-17-10-15(26)5-6-16(17)21-20(14(11-29)12-31-24(27)28)18(9-13-3-1-2-4-19(13)34)32-22(33-21)23-30-7-8-35-23/h5-8,10-13,19,21,24,29,31,34H,1-4,9H2,(H,32,33)/b14-12+,29-11?/t13?,19?,21-/m0/s1. The number of aromatic nitrogens is 1. The van der Waals surface area contributed by atoms with E-state index in [1.807, 2.05) is 5.32 Å². The Balaban J connectivity index is 1.88. The first kappa shape index (κ1) is 25.4. The summed E-state index contributed by atoms with van der Waals surface area (Å²) in [7, 11) is 0. The van der Waals surface area contributed by atoms with Crippen molar-refractivity contribution in [1.29, 1.82) is 5.41 Å². The van der Waals surface area contributed by atoms with Gasteiger partial charge in [0.2, 0.25) is 0 Å². The molecule has 2 unspecified atom stereocenters.